The fourth-order valence-electron chi connectivity index (χ4n) is 4.64. The zero-order valence-corrected chi connectivity index (χ0v) is 22.6. The number of nitrogens with zero attached hydrogens (tertiary/aromatic N) is 7. The summed E-state index contributed by atoms with van der Waals surface area (Å²) in [6.07, 6.45) is 10.9. The van der Waals surface area contributed by atoms with E-state index in [9.17, 15) is 9.59 Å². The fourth-order valence-corrected chi connectivity index (χ4v) is 4.64. The molecule has 0 unspecified atom stereocenters. The summed E-state index contributed by atoms with van der Waals surface area (Å²) in [6.45, 7) is 8.93. The molecular weight excluding hydrogens is 498 g/mol. The second kappa shape index (κ2) is 11.3. The van der Waals surface area contributed by atoms with Crippen LogP contribution in [0, 0.1) is 12.8 Å². The van der Waals surface area contributed by atoms with Crippen molar-refractivity contribution in [2.45, 2.75) is 39.8 Å². The number of hydrogen-bond donors (Lipinski definition) is 2. The van der Waals surface area contributed by atoms with Crippen molar-refractivity contribution in [3.63, 3.8) is 0 Å². The summed E-state index contributed by atoms with van der Waals surface area (Å²) in [7, 11) is 1.65. The van der Waals surface area contributed by atoms with Crippen molar-refractivity contribution in [2.75, 3.05) is 37.4 Å². The Morgan fingerprint density at radius 1 is 1.10 bits per heavy atom. The summed E-state index contributed by atoms with van der Waals surface area (Å²) in [5.41, 5.74) is 4.15. The van der Waals surface area contributed by atoms with Gasteiger partial charge in [0.1, 0.15) is 0 Å². The molecule has 4 aromatic heterocycles. The molecule has 4 aromatic rings. The molecule has 1 fully saturated rings. The van der Waals surface area contributed by atoms with Crippen LogP contribution >= 0.6 is 0 Å². The van der Waals surface area contributed by atoms with Crippen molar-refractivity contribution in [3.8, 4) is 11.3 Å². The van der Waals surface area contributed by atoms with Gasteiger partial charge in [-0.2, -0.15) is 10.2 Å². The molecule has 1 aliphatic rings. The predicted octanol–water partition coefficient (Wildman–Crippen LogP) is 2.86. The smallest absolute Gasteiger partial charge is 0.259 e. The van der Waals surface area contributed by atoms with E-state index in [2.05, 4.69) is 49.5 Å². The number of anilines is 2. The number of likely N-dealkylation sites (tertiary alicyclic amines) is 1. The first-order valence-electron chi connectivity index (χ1n) is 13.0. The van der Waals surface area contributed by atoms with Gasteiger partial charge in [-0.05, 0) is 39.8 Å². The first-order chi connectivity index (χ1) is 18.8. The average molecular weight is 532 g/mol. The second-order valence-electron chi connectivity index (χ2n) is 10.0. The molecule has 12 heteroatoms. The monoisotopic (exact) mass is 531 g/mol. The van der Waals surface area contributed by atoms with Crippen LogP contribution in [0.2, 0.25) is 0 Å². The SMILES string of the molecule is COCCn1cc(-c2cn3ncc(C(=O)Nc4cc(NC(=O)[C@H]5CCN(C(C)C)C5)cnc4C)c3cn2)cn1. The molecule has 0 aliphatic carbocycles. The summed E-state index contributed by atoms with van der Waals surface area (Å²) >= 11 is 0. The third-order valence-electron chi connectivity index (χ3n) is 7.03. The first kappa shape index (κ1) is 26.4. The van der Waals surface area contributed by atoms with Crippen molar-refractivity contribution < 1.29 is 14.3 Å². The van der Waals surface area contributed by atoms with Gasteiger partial charge in [0.15, 0.2) is 0 Å². The van der Waals surface area contributed by atoms with Crippen LogP contribution in [-0.4, -0.2) is 78.9 Å². The van der Waals surface area contributed by atoms with E-state index in [4.69, 9.17) is 4.74 Å². The molecule has 39 heavy (non-hydrogen) atoms. The minimum Gasteiger partial charge on any atom is -0.383 e. The highest BCUT2D eigenvalue weighted by molar-refractivity contribution is 6.09. The molecule has 0 radical (unpaired) electrons. The van der Waals surface area contributed by atoms with E-state index < -0.39 is 0 Å². The Kier molecular flexibility index (Phi) is 7.66. The number of fused-ring (bicyclic) bond motifs is 1. The normalized spacial score (nSPS) is 15.8. The Balaban J connectivity index is 1.28. The van der Waals surface area contributed by atoms with Crippen LogP contribution in [0.25, 0.3) is 16.8 Å². The Labute approximate surface area is 226 Å². The van der Waals surface area contributed by atoms with E-state index in [1.807, 2.05) is 6.20 Å². The summed E-state index contributed by atoms with van der Waals surface area (Å²) in [5, 5.41) is 14.6. The van der Waals surface area contributed by atoms with Gasteiger partial charge in [-0.1, -0.05) is 0 Å². The fraction of sp³-hybridized carbons (Fsp3) is 0.407. The van der Waals surface area contributed by atoms with Crippen molar-refractivity contribution in [2.24, 2.45) is 5.92 Å². The Hall–Kier alpha value is -4.16. The van der Waals surface area contributed by atoms with Crippen molar-refractivity contribution in [3.05, 3.63) is 54.5 Å². The molecule has 12 nitrogen and oxygen atoms in total. The highest BCUT2D eigenvalue weighted by Gasteiger charge is 2.29. The Bertz CT molecular complexity index is 1490. The highest BCUT2D eigenvalue weighted by atomic mass is 16.5. The Morgan fingerprint density at radius 2 is 1.95 bits per heavy atom. The third-order valence-corrected chi connectivity index (χ3v) is 7.03. The molecule has 2 N–H and O–H groups in total. The van der Waals surface area contributed by atoms with Gasteiger partial charge >= 0.3 is 0 Å². The number of aromatic nitrogens is 6. The van der Waals surface area contributed by atoms with Gasteiger partial charge in [-0.25, -0.2) is 4.52 Å². The maximum Gasteiger partial charge on any atom is 0.259 e. The molecule has 2 amide bonds. The molecular formula is C27H33N9O3. The maximum absolute atomic E-state index is 13.2. The first-order valence-corrected chi connectivity index (χ1v) is 13.0. The van der Waals surface area contributed by atoms with Gasteiger partial charge in [-0.3, -0.25) is 24.2 Å². The number of carbonyl (C=O) groups excluding carboxylic acids is 2. The van der Waals surface area contributed by atoms with Crippen LogP contribution in [0.4, 0.5) is 11.4 Å². The lowest BCUT2D eigenvalue weighted by molar-refractivity contribution is -0.119. The van der Waals surface area contributed by atoms with Crippen molar-refractivity contribution in [1.29, 1.82) is 0 Å². The van der Waals surface area contributed by atoms with Crippen LogP contribution < -0.4 is 10.6 Å². The predicted molar refractivity (Wildman–Crippen MR) is 146 cm³/mol. The van der Waals surface area contributed by atoms with E-state index in [-0.39, 0.29) is 17.7 Å². The molecule has 1 saturated heterocycles. The summed E-state index contributed by atoms with van der Waals surface area (Å²) < 4.78 is 8.50. The molecule has 1 aliphatic heterocycles. The minimum atomic E-state index is -0.344. The molecule has 5 heterocycles. The Morgan fingerprint density at radius 3 is 2.72 bits per heavy atom. The topological polar surface area (TPSA) is 132 Å². The number of ether oxygens (including phenoxy) is 1. The quantitative estimate of drug-likeness (QED) is 0.337. The zero-order valence-electron chi connectivity index (χ0n) is 22.6. The molecule has 0 bridgehead atoms. The molecule has 5 rings (SSSR count). The van der Waals surface area contributed by atoms with Gasteiger partial charge in [0.25, 0.3) is 5.91 Å². The number of amides is 2. The number of rotatable bonds is 9. The maximum atomic E-state index is 13.2. The van der Waals surface area contributed by atoms with Crippen molar-refractivity contribution in [1.82, 2.24) is 34.3 Å². The van der Waals surface area contributed by atoms with Gasteiger partial charge in [0.05, 0.1) is 83.9 Å². The van der Waals surface area contributed by atoms with E-state index in [1.165, 1.54) is 6.20 Å². The van der Waals surface area contributed by atoms with E-state index >= 15 is 0 Å². The van der Waals surface area contributed by atoms with Crippen LogP contribution in [0.15, 0.2) is 43.2 Å². The van der Waals surface area contributed by atoms with Gasteiger partial charge < -0.3 is 20.3 Å². The molecule has 1 atom stereocenters. The van der Waals surface area contributed by atoms with Crippen LogP contribution in [0.5, 0.6) is 0 Å². The number of methoxy groups -OCH3 is 1. The molecule has 0 aromatic carbocycles. The number of pyridine rings is 1. The standard InChI is InChI=1S/C27H33N9O3/c1-17(2)34-6-5-19(14-34)26(37)32-21-9-23(18(3)28-11-21)33-27(38)22-12-31-36-16-24(29-13-25(22)36)20-10-30-35(15-20)7-8-39-4/h9-13,15-17,19H,5-8,14H2,1-4H3,(H,32,37)(H,33,38)/t19-/m0/s1. The lowest BCUT2D eigenvalue weighted by atomic mass is 10.1. The number of aryl methyl sites for hydroxylation is 1. The number of nitrogens with one attached hydrogen (secondary N) is 2. The van der Waals surface area contributed by atoms with E-state index in [0.29, 0.717) is 53.0 Å². The van der Waals surface area contributed by atoms with Crippen LogP contribution in [0.3, 0.4) is 0 Å². The minimum absolute atomic E-state index is 0.0326. The number of carbonyl (C=O) groups is 2. The molecule has 0 spiro atoms. The van der Waals surface area contributed by atoms with E-state index in [1.54, 1.807) is 54.1 Å². The van der Waals surface area contributed by atoms with Gasteiger partial charge in [0.2, 0.25) is 5.91 Å². The van der Waals surface area contributed by atoms with E-state index in [0.717, 1.165) is 25.1 Å². The second-order valence-corrected chi connectivity index (χ2v) is 10.0. The summed E-state index contributed by atoms with van der Waals surface area (Å²) in [4.78, 5) is 37.2. The summed E-state index contributed by atoms with van der Waals surface area (Å²) in [6, 6.07) is 2.15. The van der Waals surface area contributed by atoms with Gasteiger partial charge in [0, 0.05) is 31.5 Å². The zero-order chi connectivity index (χ0) is 27.5. The lowest BCUT2D eigenvalue weighted by Gasteiger charge is -2.20. The summed E-state index contributed by atoms with van der Waals surface area (Å²) in [5.74, 6) is -0.443. The molecule has 204 valence electrons. The van der Waals surface area contributed by atoms with Crippen LogP contribution in [0.1, 0.15) is 36.3 Å². The van der Waals surface area contributed by atoms with Crippen molar-refractivity contribution >= 4 is 28.7 Å². The largest absolute Gasteiger partial charge is 0.383 e. The van der Waals surface area contributed by atoms with Crippen LogP contribution in [-0.2, 0) is 16.1 Å². The van der Waals surface area contributed by atoms with Gasteiger partial charge in [-0.15, -0.1) is 0 Å². The number of hydrogen-bond acceptors (Lipinski definition) is 8. The third kappa shape index (κ3) is 5.81. The molecule has 0 saturated carbocycles. The highest BCUT2D eigenvalue weighted by Crippen LogP contribution is 2.24. The lowest BCUT2D eigenvalue weighted by Crippen LogP contribution is -2.31. The average Bonchev–Trinajstić information content (AvgIpc) is 3.68.